The number of hydrazine groups is 1. The summed E-state index contributed by atoms with van der Waals surface area (Å²) in [7, 11) is 0. The molecule has 2 heterocycles. The van der Waals surface area contributed by atoms with E-state index in [1.165, 1.54) is 5.56 Å². The van der Waals surface area contributed by atoms with Gasteiger partial charge in [0.1, 0.15) is 5.75 Å². The van der Waals surface area contributed by atoms with E-state index in [-0.39, 0.29) is 6.04 Å². The summed E-state index contributed by atoms with van der Waals surface area (Å²) < 4.78 is 5.70. The summed E-state index contributed by atoms with van der Waals surface area (Å²) in [5.41, 5.74) is 6.06. The number of hydrogen-bond acceptors (Lipinski definition) is 5. The quantitative estimate of drug-likeness (QED) is 0.619. The van der Waals surface area contributed by atoms with Crippen LogP contribution >= 0.6 is 0 Å². The topological polar surface area (TPSA) is 73.1 Å². The zero-order chi connectivity index (χ0) is 12.4. The number of rotatable bonds is 3. The molecule has 1 aliphatic heterocycles. The molecule has 0 radical (unpaired) electrons. The van der Waals surface area contributed by atoms with Crippen molar-refractivity contribution in [2.24, 2.45) is 5.84 Å². The van der Waals surface area contributed by atoms with E-state index in [4.69, 9.17) is 10.6 Å². The van der Waals surface area contributed by atoms with Gasteiger partial charge in [-0.25, -0.2) is 5.43 Å². The van der Waals surface area contributed by atoms with E-state index in [9.17, 15) is 0 Å². The minimum atomic E-state index is -0.131. The molecule has 3 rings (SSSR count). The average molecular weight is 242 g/mol. The maximum Gasteiger partial charge on any atom is 0.127 e. The first-order valence-corrected chi connectivity index (χ1v) is 5.87. The zero-order valence-electron chi connectivity index (χ0n) is 9.84. The molecule has 1 aromatic carbocycles. The summed E-state index contributed by atoms with van der Waals surface area (Å²) in [6, 6.07) is 7.90. The van der Waals surface area contributed by atoms with Crippen LogP contribution in [-0.2, 0) is 6.42 Å². The molecule has 0 spiro atoms. The lowest BCUT2D eigenvalue weighted by Gasteiger charge is -2.18. The monoisotopic (exact) mass is 242 g/mol. The molecule has 0 fully saturated rings. The van der Waals surface area contributed by atoms with Crippen molar-refractivity contribution >= 4 is 0 Å². The highest BCUT2D eigenvalue weighted by atomic mass is 16.5. The molecule has 2 aromatic rings. The van der Waals surface area contributed by atoms with Gasteiger partial charge >= 0.3 is 0 Å². The van der Waals surface area contributed by atoms with Crippen LogP contribution in [0.2, 0.25) is 0 Å². The average Bonchev–Trinajstić information content (AvgIpc) is 2.90. The lowest BCUT2D eigenvalue weighted by atomic mass is 9.98. The van der Waals surface area contributed by atoms with Crippen molar-refractivity contribution in [3.63, 3.8) is 0 Å². The van der Waals surface area contributed by atoms with Gasteiger partial charge < -0.3 is 4.74 Å². The van der Waals surface area contributed by atoms with Gasteiger partial charge in [0.05, 0.1) is 18.8 Å². The van der Waals surface area contributed by atoms with E-state index in [1.54, 1.807) is 12.4 Å². The molecule has 18 heavy (non-hydrogen) atoms. The Morgan fingerprint density at radius 1 is 1.28 bits per heavy atom. The number of nitrogens with zero attached hydrogens (tertiary/aromatic N) is 2. The van der Waals surface area contributed by atoms with Crippen molar-refractivity contribution in [1.82, 2.24) is 15.6 Å². The van der Waals surface area contributed by atoms with Crippen LogP contribution in [-0.4, -0.2) is 16.8 Å². The van der Waals surface area contributed by atoms with Crippen molar-refractivity contribution in [2.75, 3.05) is 6.61 Å². The van der Waals surface area contributed by atoms with Crippen LogP contribution < -0.4 is 16.0 Å². The van der Waals surface area contributed by atoms with Crippen molar-refractivity contribution in [3.05, 3.63) is 53.3 Å². The number of aromatic nitrogens is 2. The third-order valence-corrected chi connectivity index (χ3v) is 3.16. The number of nitrogens with one attached hydrogen (secondary N) is 1. The van der Waals surface area contributed by atoms with Gasteiger partial charge in [0.25, 0.3) is 0 Å². The van der Waals surface area contributed by atoms with Gasteiger partial charge in [-0.1, -0.05) is 18.2 Å². The number of fused-ring (bicyclic) bond motifs is 1. The number of ether oxygens (including phenoxy) is 1. The van der Waals surface area contributed by atoms with Gasteiger partial charge in [-0.2, -0.15) is 10.2 Å². The fraction of sp³-hybridized carbons (Fsp3) is 0.231. The Morgan fingerprint density at radius 3 is 3.00 bits per heavy atom. The van der Waals surface area contributed by atoms with Crippen LogP contribution in [0.15, 0.2) is 36.7 Å². The lowest BCUT2D eigenvalue weighted by molar-refractivity contribution is 0.350. The molecule has 1 aliphatic rings. The third-order valence-electron chi connectivity index (χ3n) is 3.16. The second-order valence-corrected chi connectivity index (χ2v) is 4.21. The van der Waals surface area contributed by atoms with Crippen LogP contribution in [0.5, 0.6) is 5.75 Å². The molecule has 0 aliphatic carbocycles. The molecular weight excluding hydrogens is 228 g/mol. The third kappa shape index (κ3) is 1.83. The van der Waals surface area contributed by atoms with Crippen molar-refractivity contribution in [1.29, 1.82) is 0 Å². The predicted molar refractivity (Wildman–Crippen MR) is 66.8 cm³/mol. The highest BCUT2D eigenvalue weighted by Gasteiger charge is 2.22. The standard InChI is InChI=1S/C13H14N4O/c14-17-12(10-4-6-15-16-8-10)11-3-1-2-9-5-7-18-13(9)11/h1-4,6,8,12,17H,5,7,14H2. The Hall–Kier alpha value is -1.98. The Kier molecular flexibility index (Phi) is 2.92. The second kappa shape index (κ2) is 4.72. The molecule has 0 saturated carbocycles. The van der Waals surface area contributed by atoms with E-state index in [2.05, 4.69) is 21.7 Å². The smallest absolute Gasteiger partial charge is 0.127 e. The van der Waals surface area contributed by atoms with E-state index >= 15 is 0 Å². The second-order valence-electron chi connectivity index (χ2n) is 4.21. The summed E-state index contributed by atoms with van der Waals surface area (Å²) in [5.74, 6) is 6.62. The summed E-state index contributed by atoms with van der Waals surface area (Å²) in [6.07, 6.45) is 4.32. The maximum atomic E-state index is 5.70. The largest absolute Gasteiger partial charge is 0.493 e. The first kappa shape index (κ1) is 11.1. The molecule has 0 amide bonds. The van der Waals surface area contributed by atoms with Crippen LogP contribution in [0.1, 0.15) is 22.7 Å². The number of benzene rings is 1. The van der Waals surface area contributed by atoms with Gasteiger partial charge in [0, 0.05) is 18.2 Å². The maximum absolute atomic E-state index is 5.70. The van der Waals surface area contributed by atoms with Crippen molar-refractivity contribution in [2.45, 2.75) is 12.5 Å². The molecule has 92 valence electrons. The number of para-hydroxylation sites is 1. The molecule has 5 nitrogen and oxygen atoms in total. The zero-order valence-corrected chi connectivity index (χ0v) is 9.84. The van der Waals surface area contributed by atoms with Gasteiger partial charge in [-0.3, -0.25) is 5.84 Å². The SMILES string of the molecule is NNC(c1ccnnc1)c1cccc2c1OCC2. The fourth-order valence-electron chi connectivity index (χ4n) is 2.31. The van der Waals surface area contributed by atoms with Crippen molar-refractivity contribution in [3.8, 4) is 5.75 Å². The normalized spacial score (nSPS) is 14.9. The molecular formula is C13H14N4O. The van der Waals surface area contributed by atoms with Gasteiger partial charge in [-0.05, 0) is 17.2 Å². The molecule has 3 N–H and O–H groups in total. The Labute approximate surface area is 105 Å². The Morgan fingerprint density at radius 2 is 2.22 bits per heavy atom. The molecule has 5 heteroatoms. The Bertz CT molecular complexity index is 544. The minimum absolute atomic E-state index is 0.131. The summed E-state index contributed by atoms with van der Waals surface area (Å²) in [4.78, 5) is 0. The fourth-order valence-corrected chi connectivity index (χ4v) is 2.31. The van der Waals surface area contributed by atoms with Crippen LogP contribution in [0.4, 0.5) is 0 Å². The highest BCUT2D eigenvalue weighted by molar-refractivity contribution is 5.48. The van der Waals surface area contributed by atoms with E-state index in [0.717, 1.165) is 29.9 Å². The summed E-state index contributed by atoms with van der Waals surface area (Å²) in [6.45, 7) is 0.734. The predicted octanol–water partition coefficient (Wildman–Crippen LogP) is 0.964. The minimum Gasteiger partial charge on any atom is -0.493 e. The van der Waals surface area contributed by atoms with Crippen molar-refractivity contribution < 1.29 is 4.74 Å². The number of hydrogen-bond donors (Lipinski definition) is 2. The first-order valence-electron chi connectivity index (χ1n) is 5.87. The van der Waals surface area contributed by atoms with Crippen LogP contribution in [0, 0.1) is 0 Å². The molecule has 1 aromatic heterocycles. The van der Waals surface area contributed by atoms with Gasteiger partial charge in [-0.15, -0.1) is 0 Å². The van der Waals surface area contributed by atoms with Gasteiger partial charge in [0.2, 0.25) is 0 Å². The molecule has 1 unspecified atom stereocenters. The first-order chi connectivity index (χ1) is 8.90. The van der Waals surface area contributed by atoms with E-state index in [1.807, 2.05) is 18.2 Å². The molecule has 0 bridgehead atoms. The van der Waals surface area contributed by atoms with E-state index < -0.39 is 0 Å². The lowest BCUT2D eigenvalue weighted by Crippen LogP contribution is -2.29. The summed E-state index contributed by atoms with van der Waals surface area (Å²) >= 11 is 0. The molecule has 0 saturated heterocycles. The van der Waals surface area contributed by atoms with Crippen LogP contribution in [0.3, 0.4) is 0 Å². The van der Waals surface area contributed by atoms with Gasteiger partial charge in [0.15, 0.2) is 0 Å². The van der Waals surface area contributed by atoms with E-state index in [0.29, 0.717) is 0 Å². The highest BCUT2D eigenvalue weighted by Crippen LogP contribution is 2.35. The van der Waals surface area contributed by atoms with Crippen LogP contribution in [0.25, 0.3) is 0 Å². The summed E-state index contributed by atoms with van der Waals surface area (Å²) in [5, 5.41) is 7.66. The number of nitrogens with two attached hydrogens (primary N) is 1. The Balaban J connectivity index is 2.05. The molecule has 1 atom stereocenters.